The molecule has 0 bridgehead atoms. The largest absolute Gasteiger partial charge is 0.268 e. The first-order valence-electron chi connectivity index (χ1n) is 10.2. The summed E-state index contributed by atoms with van der Waals surface area (Å²) in [6.07, 6.45) is 3.84. The Labute approximate surface area is 168 Å². The summed E-state index contributed by atoms with van der Waals surface area (Å²) in [4.78, 5) is 0. The van der Waals surface area contributed by atoms with E-state index in [1.165, 1.54) is 12.1 Å². The highest BCUT2D eigenvalue weighted by atomic mass is 19.1. The van der Waals surface area contributed by atoms with Crippen LogP contribution in [-0.4, -0.2) is 19.6 Å². The van der Waals surface area contributed by atoms with Crippen LogP contribution in [0.4, 0.5) is 8.78 Å². The first kappa shape index (κ1) is 18.3. The molecule has 4 aromatic rings. The van der Waals surface area contributed by atoms with Crippen LogP contribution >= 0.6 is 0 Å². The molecular formula is C23H24F2N4. The van der Waals surface area contributed by atoms with Gasteiger partial charge >= 0.3 is 0 Å². The van der Waals surface area contributed by atoms with Crippen LogP contribution in [0, 0.1) is 11.6 Å². The van der Waals surface area contributed by atoms with E-state index in [0.29, 0.717) is 17.2 Å². The molecule has 150 valence electrons. The summed E-state index contributed by atoms with van der Waals surface area (Å²) in [7, 11) is 1.82. The standard InChI is InChI=1S/C23H24F2N4/c1-12(2)19-17(24)10-8-16-21(27-29(23(16)19)15-6-7-15)13(3)20-18(25)9-5-14-11-26-28(4)22(14)20/h5,8-13,15H,6-7H2,1-4H3. The van der Waals surface area contributed by atoms with Gasteiger partial charge in [0.15, 0.2) is 0 Å². The van der Waals surface area contributed by atoms with Gasteiger partial charge in [-0.05, 0) is 43.0 Å². The monoisotopic (exact) mass is 394 g/mol. The van der Waals surface area contributed by atoms with Crippen molar-refractivity contribution in [3.05, 3.63) is 58.9 Å². The number of halogens is 2. The van der Waals surface area contributed by atoms with Crippen molar-refractivity contribution in [2.75, 3.05) is 0 Å². The number of nitrogens with zero attached hydrogens (tertiary/aromatic N) is 4. The molecule has 0 aliphatic heterocycles. The third-order valence-corrected chi connectivity index (χ3v) is 6.09. The Bertz CT molecular complexity index is 1250. The summed E-state index contributed by atoms with van der Waals surface area (Å²) >= 11 is 0. The van der Waals surface area contributed by atoms with Gasteiger partial charge in [-0.25, -0.2) is 8.78 Å². The van der Waals surface area contributed by atoms with Crippen molar-refractivity contribution in [3.63, 3.8) is 0 Å². The van der Waals surface area contributed by atoms with E-state index in [1.807, 2.05) is 32.5 Å². The molecule has 1 unspecified atom stereocenters. The second-order valence-corrected chi connectivity index (χ2v) is 8.46. The van der Waals surface area contributed by atoms with Crippen LogP contribution in [0.5, 0.6) is 0 Å². The Kier molecular flexibility index (Phi) is 4.02. The minimum absolute atomic E-state index is 0.0355. The van der Waals surface area contributed by atoms with E-state index in [4.69, 9.17) is 5.10 Å². The number of rotatable bonds is 4. The third-order valence-electron chi connectivity index (χ3n) is 6.09. The molecule has 1 fully saturated rings. The normalized spacial score (nSPS) is 15.7. The zero-order chi connectivity index (χ0) is 20.4. The topological polar surface area (TPSA) is 35.6 Å². The lowest BCUT2D eigenvalue weighted by Gasteiger charge is -2.14. The Morgan fingerprint density at radius 2 is 1.66 bits per heavy atom. The molecule has 0 spiro atoms. The molecule has 6 heteroatoms. The summed E-state index contributed by atoms with van der Waals surface area (Å²) in [5.74, 6) is -0.724. The Hall–Kier alpha value is -2.76. The highest BCUT2D eigenvalue weighted by Gasteiger charge is 2.32. The fourth-order valence-corrected chi connectivity index (χ4v) is 4.53. The smallest absolute Gasteiger partial charge is 0.129 e. The van der Waals surface area contributed by atoms with E-state index in [0.717, 1.165) is 40.3 Å². The van der Waals surface area contributed by atoms with Crippen molar-refractivity contribution < 1.29 is 8.78 Å². The highest BCUT2D eigenvalue weighted by Crippen LogP contribution is 2.43. The van der Waals surface area contributed by atoms with Crippen LogP contribution in [-0.2, 0) is 7.05 Å². The molecule has 2 heterocycles. The first-order chi connectivity index (χ1) is 13.9. The van der Waals surface area contributed by atoms with E-state index < -0.39 is 0 Å². The summed E-state index contributed by atoms with van der Waals surface area (Å²) in [5.41, 5.74) is 3.71. The minimum Gasteiger partial charge on any atom is -0.268 e. The lowest BCUT2D eigenvalue weighted by atomic mass is 9.91. The fourth-order valence-electron chi connectivity index (χ4n) is 4.53. The molecular weight excluding hydrogens is 370 g/mol. The van der Waals surface area contributed by atoms with Crippen molar-refractivity contribution in [1.82, 2.24) is 19.6 Å². The average molecular weight is 394 g/mol. The summed E-state index contributed by atoms with van der Waals surface area (Å²) in [5, 5.41) is 11.0. The van der Waals surface area contributed by atoms with Gasteiger partial charge in [0, 0.05) is 34.9 Å². The zero-order valence-electron chi connectivity index (χ0n) is 17.1. The van der Waals surface area contributed by atoms with Crippen molar-refractivity contribution in [3.8, 4) is 0 Å². The molecule has 4 nitrogen and oxygen atoms in total. The van der Waals surface area contributed by atoms with Crippen molar-refractivity contribution in [2.45, 2.75) is 51.5 Å². The van der Waals surface area contributed by atoms with Crippen molar-refractivity contribution in [2.24, 2.45) is 7.05 Å². The van der Waals surface area contributed by atoms with Gasteiger partial charge in [-0.1, -0.05) is 20.8 Å². The van der Waals surface area contributed by atoms with Gasteiger partial charge in [0.25, 0.3) is 0 Å². The Morgan fingerprint density at radius 3 is 2.34 bits per heavy atom. The second kappa shape index (κ2) is 6.37. The molecule has 0 saturated heterocycles. The van der Waals surface area contributed by atoms with E-state index in [9.17, 15) is 4.39 Å². The van der Waals surface area contributed by atoms with Gasteiger partial charge in [0.2, 0.25) is 0 Å². The van der Waals surface area contributed by atoms with Crippen LogP contribution in [0.3, 0.4) is 0 Å². The average Bonchev–Trinajstić information content (AvgIpc) is 3.36. The molecule has 1 aliphatic carbocycles. The van der Waals surface area contributed by atoms with Gasteiger partial charge in [0.1, 0.15) is 11.6 Å². The minimum atomic E-state index is -0.290. The number of fused-ring (bicyclic) bond motifs is 2. The molecule has 2 aromatic heterocycles. The molecule has 5 rings (SSSR count). The Balaban J connectivity index is 1.80. The summed E-state index contributed by atoms with van der Waals surface area (Å²) in [6.45, 7) is 5.98. The number of hydrogen-bond acceptors (Lipinski definition) is 2. The number of aryl methyl sites for hydroxylation is 1. The molecule has 0 radical (unpaired) electrons. The van der Waals surface area contributed by atoms with E-state index in [1.54, 1.807) is 23.0 Å². The number of aromatic nitrogens is 4. The van der Waals surface area contributed by atoms with E-state index >= 15 is 4.39 Å². The quantitative estimate of drug-likeness (QED) is 0.438. The lowest BCUT2D eigenvalue weighted by Crippen LogP contribution is -2.06. The Morgan fingerprint density at radius 1 is 0.966 bits per heavy atom. The summed E-state index contributed by atoms with van der Waals surface area (Å²) in [6, 6.07) is 6.87. The molecule has 1 saturated carbocycles. The molecule has 2 aromatic carbocycles. The maximum atomic E-state index is 15.0. The first-order valence-corrected chi connectivity index (χ1v) is 10.2. The van der Waals surface area contributed by atoms with E-state index in [2.05, 4.69) is 5.10 Å². The zero-order valence-corrected chi connectivity index (χ0v) is 17.1. The van der Waals surface area contributed by atoms with Gasteiger partial charge in [-0.15, -0.1) is 0 Å². The maximum absolute atomic E-state index is 15.0. The van der Waals surface area contributed by atoms with Crippen molar-refractivity contribution in [1.29, 1.82) is 0 Å². The van der Waals surface area contributed by atoms with Crippen molar-refractivity contribution >= 4 is 21.8 Å². The van der Waals surface area contributed by atoms with Crippen LogP contribution in [0.25, 0.3) is 21.8 Å². The summed E-state index contributed by atoms with van der Waals surface area (Å²) < 4.78 is 33.5. The van der Waals surface area contributed by atoms with Gasteiger partial charge < -0.3 is 0 Å². The predicted octanol–water partition coefficient (Wildman–Crippen LogP) is 5.81. The van der Waals surface area contributed by atoms with Gasteiger partial charge in [0.05, 0.1) is 29.0 Å². The molecule has 29 heavy (non-hydrogen) atoms. The lowest BCUT2D eigenvalue weighted by molar-refractivity contribution is 0.588. The highest BCUT2D eigenvalue weighted by molar-refractivity contribution is 5.89. The molecule has 0 amide bonds. The second-order valence-electron chi connectivity index (χ2n) is 8.46. The van der Waals surface area contributed by atoms with Gasteiger partial charge in [-0.3, -0.25) is 9.36 Å². The number of hydrogen-bond donors (Lipinski definition) is 0. The number of benzene rings is 2. The molecule has 0 N–H and O–H groups in total. The van der Waals surface area contributed by atoms with E-state index in [-0.39, 0.29) is 23.5 Å². The third kappa shape index (κ3) is 2.69. The van der Waals surface area contributed by atoms with Crippen LogP contribution in [0.15, 0.2) is 30.5 Å². The fraction of sp³-hybridized carbons (Fsp3) is 0.391. The van der Waals surface area contributed by atoms with Crippen LogP contribution in [0.1, 0.15) is 68.3 Å². The maximum Gasteiger partial charge on any atom is 0.129 e. The molecule has 1 aliphatic rings. The SMILES string of the molecule is CC(C)c1c(F)ccc2c(C(C)c3c(F)ccc4cnn(C)c34)nn(C3CC3)c12. The van der Waals surface area contributed by atoms with Crippen LogP contribution < -0.4 is 0 Å². The molecule has 1 atom stereocenters. The van der Waals surface area contributed by atoms with Gasteiger partial charge in [-0.2, -0.15) is 10.2 Å². The predicted molar refractivity (Wildman–Crippen MR) is 110 cm³/mol. The van der Waals surface area contributed by atoms with Crippen LogP contribution in [0.2, 0.25) is 0 Å².